The second-order valence-corrected chi connectivity index (χ2v) is 6.43. The van der Waals surface area contributed by atoms with Crippen LogP contribution in [0.3, 0.4) is 0 Å². The van der Waals surface area contributed by atoms with Crippen molar-refractivity contribution < 1.29 is 13.9 Å². The molecule has 1 atom stereocenters. The number of ether oxygens (including phenoxy) is 1. The van der Waals surface area contributed by atoms with E-state index in [9.17, 15) is 9.59 Å². The number of furan rings is 1. The molecule has 3 rings (SSSR count). The summed E-state index contributed by atoms with van der Waals surface area (Å²) >= 11 is 0. The molecule has 7 heteroatoms. The minimum absolute atomic E-state index is 0.0984. The van der Waals surface area contributed by atoms with Gasteiger partial charge in [-0.05, 0) is 37.6 Å². The molecule has 0 aliphatic rings. The highest BCUT2D eigenvalue weighted by Crippen LogP contribution is 2.25. The molecule has 7 nitrogen and oxygen atoms in total. The number of carbonyl (C=O) groups is 1. The van der Waals surface area contributed by atoms with Gasteiger partial charge in [-0.25, -0.2) is 4.98 Å². The fraction of sp³-hybridized carbons (Fsp3) is 0.381. The van der Waals surface area contributed by atoms with Gasteiger partial charge < -0.3 is 14.1 Å². The third kappa shape index (κ3) is 3.71. The summed E-state index contributed by atoms with van der Waals surface area (Å²) in [6.07, 6.45) is 2.07. The van der Waals surface area contributed by atoms with Crippen molar-refractivity contribution in [3.8, 4) is 0 Å². The molecule has 0 aliphatic heterocycles. The average molecular weight is 383 g/mol. The standard InChI is InChI=1S/C21H25N3O4/c1-4-17(24(12-14-27-3)21(26)18-11-8-13-28-18)19-22-16-10-7-6-9-15(16)20(25)23(19)5-2/h6-11,13,17H,4-5,12,14H2,1-3H3. The van der Waals surface area contributed by atoms with E-state index in [4.69, 9.17) is 14.1 Å². The molecular weight excluding hydrogens is 358 g/mol. The van der Waals surface area contributed by atoms with E-state index in [1.165, 1.54) is 6.26 Å². The number of nitrogens with zero attached hydrogens (tertiary/aromatic N) is 3. The quantitative estimate of drug-likeness (QED) is 0.597. The molecule has 0 aliphatic carbocycles. The Morgan fingerprint density at radius 1 is 1.25 bits per heavy atom. The van der Waals surface area contributed by atoms with Crippen LogP contribution in [0.25, 0.3) is 10.9 Å². The van der Waals surface area contributed by atoms with E-state index in [1.54, 1.807) is 34.8 Å². The molecule has 0 radical (unpaired) electrons. The summed E-state index contributed by atoms with van der Waals surface area (Å²) in [6.45, 7) is 5.08. The normalized spacial score (nSPS) is 12.2. The number of methoxy groups -OCH3 is 1. The Balaban J connectivity index is 2.13. The second kappa shape index (κ2) is 8.84. The van der Waals surface area contributed by atoms with Gasteiger partial charge in [0.15, 0.2) is 5.76 Å². The minimum Gasteiger partial charge on any atom is -0.459 e. The predicted molar refractivity (Wildman–Crippen MR) is 106 cm³/mol. The highest BCUT2D eigenvalue weighted by molar-refractivity contribution is 5.91. The molecule has 0 fully saturated rings. The highest BCUT2D eigenvalue weighted by Gasteiger charge is 2.30. The summed E-state index contributed by atoms with van der Waals surface area (Å²) < 4.78 is 12.2. The second-order valence-electron chi connectivity index (χ2n) is 6.43. The first kappa shape index (κ1) is 19.8. The van der Waals surface area contributed by atoms with E-state index in [2.05, 4.69) is 0 Å². The van der Waals surface area contributed by atoms with Gasteiger partial charge in [-0.15, -0.1) is 0 Å². The maximum atomic E-state index is 13.1. The summed E-state index contributed by atoms with van der Waals surface area (Å²) in [5.74, 6) is 0.574. The van der Waals surface area contributed by atoms with Gasteiger partial charge in [0.25, 0.3) is 11.5 Å². The van der Waals surface area contributed by atoms with Gasteiger partial charge in [-0.1, -0.05) is 19.1 Å². The van der Waals surface area contributed by atoms with Gasteiger partial charge in [0.1, 0.15) is 5.82 Å². The summed E-state index contributed by atoms with van der Waals surface area (Å²) in [4.78, 5) is 32.5. The zero-order chi connectivity index (χ0) is 20.1. The first-order chi connectivity index (χ1) is 13.6. The van der Waals surface area contributed by atoms with Crippen molar-refractivity contribution in [1.29, 1.82) is 0 Å². The van der Waals surface area contributed by atoms with Gasteiger partial charge in [0, 0.05) is 20.2 Å². The first-order valence-electron chi connectivity index (χ1n) is 9.45. The smallest absolute Gasteiger partial charge is 0.290 e. The molecule has 1 aromatic carbocycles. The Morgan fingerprint density at radius 3 is 2.68 bits per heavy atom. The van der Waals surface area contributed by atoms with Crippen LogP contribution in [0.15, 0.2) is 51.9 Å². The number of hydrogen-bond donors (Lipinski definition) is 0. The van der Waals surface area contributed by atoms with Crippen LogP contribution in [0.5, 0.6) is 0 Å². The average Bonchev–Trinajstić information content (AvgIpc) is 3.25. The predicted octanol–water partition coefficient (Wildman–Crippen LogP) is 3.25. The number of rotatable bonds is 8. The maximum absolute atomic E-state index is 13.1. The number of amides is 1. The van der Waals surface area contributed by atoms with Crippen LogP contribution in [-0.2, 0) is 11.3 Å². The van der Waals surface area contributed by atoms with Crippen LogP contribution >= 0.6 is 0 Å². The van der Waals surface area contributed by atoms with Gasteiger partial charge in [0.05, 0.1) is 29.8 Å². The van der Waals surface area contributed by atoms with Crippen LogP contribution in [0, 0.1) is 0 Å². The molecule has 28 heavy (non-hydrogen) atoms. The van der Waals surface area contributed by atoms with E-state index in [0.717, 1.165) is 0 Å². The van der Waals surface area contributed by atoms with Crippen molar-refractivity contribution in [2.24, 2.45) is 0 Å². The fourth-order valence-corrected chi connectivity index (χ4v) is 3.42. The summed E-state index contributed by atoms with van der Waals surface area (Å²) in [7, 11) is 1.59. The van der Waals surface area contributed by atoms with Crippen LogP contribution in [0.2, 0.25) is 0 Å². The number of carbonyl (C=O) groups excluding carboxylic acids is 1. The van der Waals surface area contributed by atoms with Crippen molar-refractivity contribution in [2.75, 3.05) is 20.3 Å². The Bertz CT molecular complexity index is 995. The lowest BCUT2D eigenvalue weighted by Crippen LogP contribution is -2.40. The van der Waals surface area contributed by atoms with Crippen LogP contribution in [-0.4, -0.2) is 40.6 Å². The molecule has 0 saturated heterocycles. The Hall–Kier alpha value is -2.93. The van der Waals surface area contributed by atoms with Crippen molar-refractivity contribution in [3.05, 3.63) is 64.6 Å². The molecule has 3 aromatic rings. The lowest BCUT2D eigenvalue weighted by molar-refractivity contribution is 0.0546. The molecule has 2 heterocycles. The van der Waals surface area contributed by atoms with Crippen LogP contribution < -0.4 is 5.56 Å². The minimum atomic E-state index is -0.384. The molecule has 1 unspecified atom stereocenters. The summed E-state index contributed by atoms with van der Waals surface area (Å²) in [5, 5.41) is 0.573. The first-order valence-corrected chi connectivity index (χ1v) is 9.45. The number of fused-ring (bicyclic) bond motifs is 1. The van der Waals surface area contributed by atoms with E-state index >= 15 is 0 Å². The number of benzene rings is 1. The van der Waals surface area contributed by atoms with Crippen molar-refractivity contribution in [3.63, 3.8) is 0 Å². The Labute approximate surface area is 163 Å². The van der Waals surface area contributed by atoms with Crippen molar-refractivity contribution in [2.45, 2.75) is 32.9 Å². The molecule has 0 bridgehead atoms. The molecule has 0 N–H and O–H groups in total. The summed E-state index contributed by atoms with van der Waals surface area (Å²) in [6, 6.07) is 10.2. The van der Waals surface area contributed by atoms with Crippen molar-refractivity contribution in [1.82, 2.24) is 14.5 Å². The van der Waals surface area contributed by atoms with Gasteiger partial charge in [-0.2, -0.15) is 0 Å². The third-order valence-electron chi connectivity index (χ3n) is 4.80. The largest absolute Gasteiger partial charge is 0.459 e. The topological polar surface area (TPSA) is 77.6 Å². The van der Waals surface area contributed by atoms with E-state index < -0.39 is 0 Å². The maximum Gasteiger partial charge on any atom is 0.290 e. The van der Waals surface area contributed by atoms with Crippen LogP contribution in [0.1, 0.15) is 42.7 Å². The number of aromatic nitrogens is 2. The Morgan fingerprint density at radius 2 is 2.04 bits per heavy atom. The Kier molecular flexibility index (Phi) is 6.26. The molecule has 148 valence electrons. The molecule has 0 spiro atoms. The molecular formula is C21H25N3O4. The van der Waals surface area contributed by atoms with E-state index in [1.807, 2.05) is 32.0 Å². The molecule has 0 saturated carbocycles. The van der Waals surface area contributed by atoms with Crippen LogP contribution in [0.4, 0.5) is 0 Å². The van der Waals surface area contributed by atoms with Gasteiger partial charge in [0.2, 0.25) is 0 Å². The SMILES string of the molecule is CCC(c1nc2ccccc2c(=O)n1CC)N(CCOC)C(=O)c1ccco1. The number of para-hydroxylation sites is 1. The zero-order valence-electron chi connectivity index (χ0n) is 16.4. The van der Waals surface area contributed by atoms with Gasteiger partial charge in [-0.3, -0.25) is 14.2 Å². The van der Waals surface area contributed by atoms with Crippen molar-refractivity contribution >= 4 is 16.8 Å². The monoisotopic (exact) mass is 383 g/mol. The molecule has 2 aromatic heterocycles. The van der Waals surface area contributed by atoms with E-state index in [-0.39, 0.29) is 23.3 Å². The fourth-order valence-electron chi connectivity index (χ4n) is 3.42. The summed E-state index contributed by atoms with van der Waals surface area (Å²) in [5.41, 5.74) is 0.529. The zero-order valence-corrected chi connectivity index (χ0v) is 16.4. The highest BCUT2D eigenvalue weighted by atomic mass is 16.5. The third-order valence-corrected chi connectivity index (χ3v) is 4.80. The van der Waals surface area contributed by atoms with Gasteiger partial charge >= 0.3 is 0 Å². The van der Waals surface area contributed by atoms with E-state index in [0.29, 0.717) is 42.8 Å². The lowest BCUT2D eigenvalue weighted by Gasteiger charge is -2.31. The lowest BCUT2D eigenvalue weighted by atomic mass is 10.1. The molecule has 1 amide bonds. The number of hydrogen-bond acceptors (Lipinski definition) is 5.